The van der Waals surface area contributed by atoms with Gasteiger partial charge >= 0.3 is 0 Å². The van der Waals surface area contributed by atoms with Crippen LogP contribution in [0.5, 0.6) is 5.75 Å². The van der Waals surface area contributed by atoms with E-state index in [0.717, 1.165) is 40.4 Å². The van der Waals surface area contributed by atoms with Gasteiger partial charge in [0.1, 0.15) is 12.4 Å². The van der Waals surface area contributed by atoms with Crippen molar-refractivity contribution in [3.05, 3.63) is 82.1 Å². The second-order valence-corrected chi connectivity index (χ2v) is 7.11. The van der Waals surface area contributed by atoms with Gasteiger partial charge in [-0.2, -0.15) is 5.10 Å². The maximum Gasteiger partial charge on any atom is 0.251 e. The Morgan fingerprint density at radius 3 is 2.54 bits per heavy atom. The van der Waals surface area contributed by atoms with E-state index < -0.39 is 0 Å². The van der Waals surface area contributed by atoms with Crippen LogP contribution in [0.15, 0.2) is 54.9 Å². The molecule has 0 aliphatic rings. The first-order chi connectivity index (χ1) is 13.5. The summed E-state index contributed by atoms with van der Waals surface area (Å²) in [5, 5.41) is 7.84. The molecule has 5 nitrogen and oxygen atoms in total. The first-order valence-electron chi connectivity index (χ1n) is 9.27. The number of amides is 1. The number of benzene rings is 2. The molecule has 0 radical (unpaired) electrons. The van der Waals surface area contributed by atoms with Crippen molar-refractivity contribution >= 4 is 17.5 Å². The number of aryl methyl sites for hydroxylation is 3. The lowest BCUT2D eigenvalue weighted by atomic mass is 10.1. The molecule has 1 heterocycles. The molecule has 6 heteroatoms. The monoisotopic (exact) mass is 397 g/mol. The van der Waals surface area contributed by atoms with E-state index in [9.17, 15) is 4.79 Å². The van der Waals surface area contributed by atoms with Crippen molar-refractivity contribution in [2.45, 2.75) is 33.4 Å². The van der Waals surface area contributed by atoms with E-state index in [4.69, 9.17) is 16.3 Å². The molecule has 1 N–H and O–H groups in total. The first kappa shape index (κ1) is 20.0. The molecule has 0 bridgehead atoms. The fourth-order valence-electron chi connectivity index (χ4n) is 2.89. The van der Waals surface area contributed by atoms with Crippen molar-refractivity contribution < 1.29 is 9.53 Å². The van der Waals surface area contributed by atoms with Crippen LogP contribution in [0.25, 0.3) is 0 Å². The Balaban J connectivity index is 1.46. The molecule has 0 saturated carbocycles. The van der Waals surface area contributed by atoms with E-state index in [1.54, 1.807) is 6.20 Å². The average molecular weight is 398 g/mol. The molecule has 2 aromatic carbocycles. The Labute approximate surface area is 170 Å². The predicted octanol–water partition coefficient (Wildman–Crippen LogP) is 4.55. The predicted molar refractivity (Wildman–Crippen MR) is 111 cm³/mol. The number of halogens is 1. The largest absolute Gasteiger partial charge is 0.489 e. The number of nitrogens with zero attached hydrogens (tertiary/aromatic N) is 2. The molecule has 28 heavy (non-hydrogen) atoms. The number of carbonyl (C=O) groups is 1. The number of hydrogen-bond donors (Lipinski definition) is 1. The van der Waals surface area contributed by atoms with Gasteiger partial charge in [0.15, 0.2) is 0 Å². The van der Waals surface area contributed by atoms with Crippen LogP contribution in [0, 0.1) is 13.8 Å². The van der Waals surface area contributed by atoms with E-state index >= 15 is 0 Å². The van der Waals surface area contributed by atoms with Gasteiger partial charge in [-0.25, -0.2) is 0 Å². The summed E-state index contributed by atoms with van der Waals surface area (Å²) >= 11 is 6.19. The zero-order valence-electron chi connectivity index (χ0n) is 16.1. The summed E-state index contributed by atoms with van der Waals surface area (Å²) in [4.78, 5) is 12.2. The average Bonchev–Trinajstić information content (AvgIpc) is 3.21. The van der Waals surface area contributed by atoms with E-state index in [-0.39, 0.29) is 5.91 Å². The zero-order chi connectivity index (χ0) is 19.9. The minimum Gasteiger partial charge on any atom is -0.489 e. The topological polar surface area (TPSA) is 56.1 Å². The van der Waals surface area contributed by atoms with Crippen LogP contribution in [0.1, 0.15) is 33.5 Å². The number of hydrogen-bond acceptors (Lipinski definition) is 3. The third kappa shape index (κ3) is 5.36. The van der Waals surface area contributed by atoms with Crippen molar-refractivity contribution in [2.75, 3.05) is 6.54 Å². The first-order valence-corrected chi connectivity index (χ1v) is 9.65. The zero-order valence-corrected chi connectivity index (χ0v) is 16.9. The Morgan fingerprint density at radius 1 is 1.18 bits per heavy atom. The van der Waals surface area contributed by atoms with E-state index in [1.807, 2.05) is 67.2 Å². The Hall–Kier alpha value is -2.79. The summed E-state index contributed by atoms with van der Waals surface area (Å²) in [6.45, 7) is 5.76. The molecule has 1 amide bonds. The van der Waals surface area contributed by atoms with Gasteiger partial charge in [-0.1, -0.05) is 23.7 Å². The Kier molecular flexibility index (Phi) is 6.71. The number of aromatic nitrogens is 2. The fraction of sp³-hybridized carbons (Fsp3) is 0.273. The number of ether oxygens (including phenoxy) is 1. The summed E-state index contributed by atoms with van der Waals surface area (Å²) in [5.74, 6) is 0.718. The molecule has 3 rings (SSSR count). The van der Waals surface area contributed by atoms with Gasteiger partial charge in [0.2, 0.25) is 0 Å². The van der Waals surface area contributed by atoms with Crippen molar-refractivity contribution in [3.8, 4) is 5.75 Å². The molecule has 0 unspecified atom stereocenters. The van der Waals surface area contributed by atoms with E-state index in [0.29, 0.717) is 18.7 Å². The molecule has 0 spiro atoms. The fourth-order valence-corrected chi connectivity index (χ4v) is 3.00. The minimum atomic E-state index is -0.0723. The smallest absolute Gasteiger partial charge is 0.251 e. The number of rotatable bonds is 8. The molecular formula is C22H24ClN3O2. The summed E-state index contributed by atoms with van der Waals surface area (Å²) in [6.07, 6.45) is 4.49. The molecule has 0 atom stereocenters. The summed E-state index contributed by atoms with van der Waals surface area (Å²) in [6, 6.07) is 13.2. The van der Waals surface area contributed by atoms with Crippen LogP contribution in [-0.4, -0.2) is 22.2 Å². The second kappa shape index (κ2) is 9.42. The molecule has 0 fully saturated rings. The Morgan fingerprint density at radius 2 is 1.89 bits per heavy atom. The quantitative estimate of drug-likeness (QED) is 0.567. The van der Waals surface area contributed by atoms with Gasteiger partial charge in [0.05, 0.1) is 0 Å². The normalized spacial score (nSPS) is 10.7. The molecule has 146 valence electrons. The standard InChI is InChI=1S/C22H24ClN3O2/c1-16-13-20(14-17(2)21(16)23)28-15-18-5-7-19(8-6-18)22(27)24-9-3-11-26-12-4-10-25-26/h4-8,10,12-14H,3,9,11,15H2,1-2H3,(H,24,27). The van der Waals surface area contributed by atoms with Crippen molar-refractivity contribution in [1.29, 1.82) is 0 Å². The highest BCUT2D eigenvalue weighted by molar-refractivity contribution is 6.32. The third-order valence-electron chi connectivity index (χ3n) is 4.44. The van der Waals surface area contributed by atoms with Gasteiger partial charge < -0.3 is 10.1 Å². The van der Waals surface area contributed by atoms with E-state index in [2.05, 4.69) is 10.4 Å². The number of carbonyl (C=O) groups excluding carboxylic acids is 1. The highest BCUT2D eigenvalue weighted by atomic mass is 35.5. The summed E-state index contributed by atoms with van der Waals surface area (Å²) in [7, 11) is 0. The van der Waals surface area contributed by atoms with E-state index in [1.165, 1.54) is 0 Å². The van der Waals surface area contributed by atoms with Crippen molar-refractivity contribution in [3.63, 3.8) is 0 Å². The highest BCUT2D eigenvalue weighted by Crippen LogP contribution is 2.26. The number of nitrogens with one attached hydrogen (secondary N) is 1. The Bertz CT molecular complexity index is 898. The lowest BCUT2D eigenvalue weighted by Crippen LogP contribution is -2.25. The van der Waals surface area contributed by atoms with Crippen molar-refractivity contribution in [1.82, 2.24) is 15.1 Å². The molecule has 0 aliphatic carbocycles. The molecule has 3 aromatic rings. The van der Waals surface area contributed by atoms with Crippen LogP contribution in [0.3, 0.4) is 0 Å². The van der Waals surface area contributed by atoms with Crippen LogP contribution in [0.2, 0.25) is 5.02 Å². The molecule has 0 saturated heterocycles. The maximum absolute atomic E-state index is 12.2. The SMILES string of the molecule is Cc1cc(OCc2ccc(C(=O)NCCCn3cccn3)cc2)cc(C)c1Cl. The summed E-state index contributed by atoms with van der Waals surface area (Å²) in [5.41, 5.74) is 3.63. The van der Waals surface area contributed by atoms with Crippen LogP contribution < -0.4 is 10.1 Å². The molecule has 1 aromatic heterocycles. The lowest BCUT2D eigenvalue weighted by Gasteiger charge is -2.11. The third-order valence-corrected chi connectivity index (χ3v) is 5.04. The van der Waals surface area contributed by atoms with Gasteiger partial charge in [0, 0.05) is 36.1 Å². The van der Waals surface area contributed by atoms with Gasteiger partial charge in [0.25, 0.3) is 5.91 Å². The van der Waals surface area contributed by atoms with Gasteiger partial charge in [-0.05, 0) is 67.3 Å². The maximum atomic E-state index is 12.2. The van der Waals surface area contributed by atoms with Crippen LogP contribution in [0.4, 0.5) is 0 Å². The molecular weight excluding hydrogens is 374 g/mol. The molecule has 0 aliphatic heterocycles. The van der Waals surface area contributed by atoms with Gasteiger partial charge in [-0.15, -0.1) is 0 Å². The van der Waals surface area contributed by atoms with Crippen molar-refractivity contribution in [2.24, 2.45) is 0 Å². The lowest BCUT2D eigenvalue weighted by molar-refractivity contribution is 0.0952. The van der Waals surface area contributed by atoms with Gasteiger partial charge in [-0.3, -0.25) is 9.48 Å². The summed E-state index contributed by atoms with van der Waals surface area (Å²) < 4.78 is 7.71. The second-order valence-electron chi connectivity index (χ2n) is 6.74. The van der Waals surface area contributed by atoms with Crippen LogP contribution in [-0.2, 0) is 13.2 Å². The minimum absolute atomic E-state index is 0.0723. The van der Waals surface area contributed by atoms with Crippen LogP contribution >= 0.6 is 11.6 Å². The highest BCUT2D eigenvalue weighted by Gasteiger charge is 2.06.